The Balaban J connectivity index is 2.39. The van der Waals surface area contributed by atoms with Gasteiger partial charge in [-0.25, -0.2) is 14.0 Å². The standard InChI is InChI=1S/C15H21FN2O3/c1-3-10(2)13(14(19)20)18-15(21)17-9-8-11-4-6-12(16)7-5-11/h4-7,10,13H,3,8-9H2,1-2H3,(H,19,20)(H2,17,18,21). The first-order chi connectivity index (χ1) is 9.93. The Morgan fingerprint density at radius 3 is 2.43 bits per heavy atom. The third-order valence-corrected chi connectivity index (χ3v) is 3.38. The predicted octanol–water partition coefficient (Wildman–Crippen LogP) is 2.17. The van der Waals surface area contributed by atoms with Gasteiger partial charge in [0.05, 0.1) is 0 Å². The molecule has 1 aromatic rings. The summed E-state index contributed by atoms with van der Waals surface area (Å²) >= 11 is 0. The second kappa shape index (κ2) is 8.24. The lowest BCUT2D eigenvalue weighted by molar-refractivity contribution is -0.140. The van der Waals surface area contributed by atoms with E-state index in [1.807, 2.05) is 6.92 Å². The number of aliphatic carboxylic acids is 1. The van der Waals surface area contributed by atoms with Crippen LogP contribution in [0.1, 0.15) is 25.8 Å². The third kappa shape index (κ3) is 5.81. The summed E-state index contributed by atoms with van der Waals surface area (Å²) in [6, 6.07) is 4.60. The molecule has 0 spiro atoms. The van der Waals surface area contributed by atoms with E-state index in [0.717, 1.165) is 5.56 Å². The molecule has 0 bridgehead atoms. The topological polar surface area (TPSA) is 78.4 Å². The molecular weight excluding hydrogens is 275 g/mol. The molecule has 0 saturated heterocycles. The minimum Gasteiger partial charge on any atom is -0.480 e. The molecular formula is C15H21FN2O3. The van der Waals surface area contributed by atoms with Crippen LogP contribution in [0.5, 0.6) is 0 Å². The van der Waals surface area contributed by atoms with Crippen molar-refractivity contribution in [3.8, 4) is 0 Å². The van der Waals surface area contributed by atoms with Crippen LogP contribution in [0.15, 0.2) is 24.3 Å². The molecule has 3 N–H and O–H groups in total. The molecule has 0 saturated carbocycles. The van der Waals surface area contributed by atoms with E-state index < -0.39 is 18.0 Å². The van der Waals surface area contributed by atoms with Gasteiger partial charge < -0.3 is 15.7 Å². The fourth-order valence-corrected chi connectivity index (χ4v) is 1.85. The summed E-state index contributed by atoms with van der Waals surface area (Å²) in [6.07, 6.45) is 1.21. The number of carboxylic acid groups (broad SMARTS) is 1. The van der Waals surface area contributed by atoms with E-state index in [0.29, 0.717) is 19.4 Å². The maximum atomic E-state index is 12.7. The van der Waals surface area contributed by atoms with Gasteiger partial charge >= 0.3 is 12.0 Å². The lowest BCUT2D eigenvalue weighted by Gasteiger charge is -2.20. The minimum absolute atomic E-state index is 0.148. The van der Waals surface area contributed by atoms with Crippen LogP contribution in [-0.2, 0) is 11.2 Å². The molecule has 0 aliphatic rings. The lowest BCUT2D eigenvalue weighted by atomic mass is 9.99. The zero-order chi connectivity index (χ0) is 15.8. The molecule has 0 aromatic heterocycles. The Morgan fingerprint density at radius 1 is 1.29 bits per heavy atom. The van der Waals surface area contributed by atoms with Gasteiger partial charge in [-0.3, -0.25) is 0 Å². The van der Waals surface area contributed by atoms with E-state index in [4.69, 9.17) is 5.11 Å². The van der Waals surface area contributed by atoms with Gasteiger partial charge in [0.2, 0.25) is 0 Å². The van der Waals surface area contributed by atoms with Crippen LogP contribution in [0.2, 0.25) is 0 Å². The van der Waals surface area contributed by atoms with Crippen LogP contribution in [0.4, 0.5) is 9.18 Å². The van der Waals surface area contributed by atoms with Crippen molar-refractivity contribution in [3.05, 3.63) is 35.6 Å². The van der Waals surface area contributed by atoms with Gasteiger partial charge in [0.1, 0.15) is 11.9 Å². The van der Waals surface area contributed by atoms with E-state index in [-0.39, 0.29) is 11.7 Å². The maximum Gasteiger partial charge on any atom is 0.326 e. The average molecular weight is 296 g/mol. The summed E-state index contributed by atoms with van der Waals surface area (Å²) in [7, 11) is 0. The van der Waals surface area contributed by atoms with Gasteiger partial charge in [-0.05, 0) is 30.0 Å². The summed E-state index contributed by atoms with van der Waals surface area (Å²) in [5.74, 6) is -1.49. The summed E-state index contributed by atoms with van der Waals surface area (Å²) in [5, 5.41) is 14.1. The second-order valence-electron chi connectivity index (χ2n) is 4.98. The first-order valence-electron chi connectivity index (χ1n) is 6.95. The smallest absolute Gasteiger partial charge is 0.326 e. The predicted molar refractivity (Wildman–Crippen MR) is 77.5 cm³/mol. The first kappa shape index (κ1) is 16.9. The quantitative estimate of drug-likeness (QED) is 0.721. The third-order valence-electron chi connectivity index (χ3n) is 3.38. The Bertz CT molecular complexity index is 476. The fourth-order valence-electron chi connectivity index (χ4n) is 1.85. The van der Waals surface area contributed by atoms with Crippen LogP contribution in [0.25, 0.3) is 0 Å². The number of carboxylic acids is 1. The SMILES string of the molecule is CCC(C)C(NC(=O)NCCc1ccc(F)cc1)C(=O)O. The Morgan fingerprint density at radius 2 is 1.90 bits per heavy atom. The molecule has 0 aliphatic carbocycles. The minimum atomic E-state index is -1.04. The fraction of sp³-hybridized carbons (Fsp3) is 0.467. The van der Waals surface area contributed by atoms with E-state index >= 15 is 0 Å². The highest BCUT2D eigenvalue weighted by Crippen LogP contribution is 2.07. The summed E-state index contributed by atoms with van der Waals surface area (Å²) in [5.41, 5.74) is 0.897. The van der Waals surface area contributed by atoms with Crippen LogP contribution >= 0.6 is 0 Å². The molecule has 2 amide bonds. The van der Waals surface area contributed by atoms with Crippen LogP contribution in [0, 0.1) is 11.7 Å². The summed E-state index contributed by atoms with van der Waals surface area (Å²) in [6.45, 7) is 4.00. The molecule has 5 nitrogen and oxygen atoms in total. The van der Waals surface area contributed by atoms with E-state index in [1.165, 1.54) is 12.1 Å². The van der Waals surface area contributed by atoms with Gasteiger partial charge in [-0.1, -0.05) is 32.4 Å². The molecule has 1 rings (SSSR count). The highest BCUT2D eigenvalue weighted by atomic mass is 19.1. The van der Waals surface area contributed by atoms with Gasteiger partial charge in [0.15, 0.2) is 0 Å². The largest absolute Gasteiger partial charge is 0.480 e. The van der Waals surface area contributed by atoms with Crippen molar-refractivity contribution in [3.63, 3.8) is 0 Å². The zero-order valence-electron chi connectivity index (χ0n) is 12.2. The number of carbonyl (C=O) groups excluding carboxylic acids is 1. The maximum absolute atomic E-state index is 12.7. The van der Waals surface area contributed by atoms with Crippen molar-refractivity contribution < 1.29 is 19.1 Å². The number of rotatable bonds is 7. The van der Waals surface area contributed by atoms with E-state index in [2.05, 4.69) is 10.6 Å². The number of hydrogen-bond donors (Lipinski definition) is 3. The molecule has 2 atom stereocenters. The van der Waals surface area contributed by atoms with Gasteiger partial charge in [-0.2, -0.15) is 0 Å². The van der Waals surface area contributed by atoms with Crippen molar-refractivity contribution in [2.75, 3.05) is 6.54 Å². The molecule has 0 aliphatic heterocycles. The Kier molecular flexibility index (Phi) is 6.65. The summed E-state index contributed by atoms with van der Waals surface area (Å²) < 4.78 is 12.7. The highest BCUT2D eigenvalue weighted by Gasteiger charge is 2.24. The van der Waals surface area contributed by atoms with Crippen LogP contribution < -0.4 is 10.6 Å². The normalized spacial score (nSPS) is 13.3. The van der Waals surface area contributed by atoms with Crippen molar-refractivity contribution in [2.45, 2.75) is 32.7 Å². The number of urea groups is 1. The monoisotopic (exact) mass is 296 g/mol. The van der Waals surface area contributed by atoms with Crippen molar-refractivity contribution >= 4 is 12.0 Å². The molecule has 1 aromatic carbocycles. The van der Waals surface area contributed by atoms with Gasteiger partial charge in [0, 0.05) is 6.54 Å². The van der Waals surface area contributed by atoms with E-state index in [1.54, 1.807) is 19.1 Å². The molecule has 0 heterocycles. The number of carbonyl (C=O) groups is 2. The number of benzene rings is 1. The Labute approximate surface area is 123 Å². The number of halogens is 1. The zero-order valence-corrected chi connectivity index (χ0v) is 12.2. The lowest BCUT2D eigenvalue weighted by Crippen LogP contribution is -2.49. The van der Waals surface area contributed by atoms with Crippen LogP contribution in [-0.4, -0.2) is 29.7 Å². The second-order valence-corrected chi connectivity index (χ2v) is 4.98. The first-order valence-corrected chi connectivity index (χ1v) is 6.95. The Hall–Kier alpha value is -2.11. The van der Waals surface area contributed by atoms with E-state index in [9.17, 15) is 14.0 Å². The van der Waals surface area contributed by atoms with Crippen molar-refractivity contribution in [1.29, 1.82) is 0 Å². The summed E-state index contributed by atoms with van der Waals surface area (Å²) in [4.78, 5) is 22.8. The average Bonchev–Trinajstić information content (AvgIpc) is 2.45. The molecule has 116 valence electrons. The number of nitrogens with one attached hydrogen (secondary N) is 2. The van der Waals surface area contributed by atoms with Gasteiger partial charge in [-0.15, -0.1) is 0 Å². The molecule has 0 fully saturated rings. The van der Waals surface area contributed by atoms with Crippen LogP contribution in [0.3, 0.4) is 0 Å². The molecule has 21 heavy (non-hydrogen) atoms. The molecule has 0 radical (unpaired) electrons. The molecule has 6 heteroatoms. The van der Waals surface area contributed by atoms with Crippen molar-refractivity contribution in [1.82, 2.24) is 10.6 Å². The number of hydrogen-bond acceptors (Lipinski definition) is 2. The van der Waals surface area contributed by atoms with Gasteiger partial charge in [0.25, 0.3) is 0 Å². The highest BCUT2D eigenvalue weighted by molar-refractivity contribution is 5.82. The van der Waals surface area contributed by atoms with Crippen molar-refractivity contribution in [2.24, 2.45) is 5.92 Å². The number of amides is 2. The molecule has 2 unspecified atom stereocenters.